The van der Waals surface area contributed by atoms with E-state index >= 15 is 0 Å². The molecule has 1 aromatic rings. The van der Waals surface area contributed by atoms with Crippen molar-refractivity contribution in [3.63, 3.8) is 0 Å². The Bertz CT molecular complexity index is 498. The van der Waals surface area contributed by atoms with Gasteiger partial charge in [-0.15, -0.1) is 6.58 Å². The molecule has 5 heteroatoms. The van der Waals surface area contributed by atoms with Crippen LogP contribution in [-0.2, 0) is 11.2 Å². The molecule has 1 rings (SSSR count). The minimum absolute atomic E-state index is 0.230. The zero-order valence-electron chi connectivity index (χ0n) is 12.9. The molecular weight excluding hydrogens is 268 g/mol. The molecule has 116 valence electrons. The minimum Gasteiger partial charge on any atom is -0.494 e. The van der Waals surface area contributed by atoms with Gasteiger partial charge in [0, 0.05) is 5.56 Å². The Balaban J connectivity index is 2.87. The average Bonchev–Trinajstić information content (AvgIpc) is 2.46. The summed E-state index contributed by atoms with van der Waals surface area (Å²) in [5.74, 6) is 6.42. The van der Waals surface area contributed by atoms with Gasteiger partial charge < -0.3 is 9.47 Å². The predicted molar refractivity (Wildman–Crippen MR) is 83.1 cm³/mol. The Kier molecular flexibility index (Phi) is 6.24. The normalized spacial score (nSPS) is 10.9. The van der Waals surface area contributed by atoms with Crippen molar-refractivity contribution in [2.24, 2.45) is 11.3 Å². The topological polar surface area (TPSA) is 73.6 Å². The molecule has 0 spiro atoms. The lowest BCUT2D eigenvalue weighted by Gasteiger charge is -2.23. The lowest BCUT2D eigenvalue weighted by Crippen LogP contribution is -2.44. The molecule has 0 saturated carbocycles. The highest BCUT2D eigenvalue weighted by Gasteiger charge is 2.28. The van der Waals surface area contributed by atoms with Crippen LogP contribution in [0.3, 0.4) is 0 Å². The van der Waals surface area contributed by atoms with Crippen molar-refractivity contribution in [2.45, 2.75) is 27.2 Å². The maximum Gasteiger partial charge on any atom is 0.242 e. The second-order valence-corrected chi connectivity index (χ2v) is 5.34. The first kappa shape index (κ1) is 17.0. The predicted octanol–water partition coefficient (Wildman–Crippen LogP) is 2.21. The van der Waals surface area contributed by atoms with Crippen molar-refractivity contribution >= 4 is 5.91 Å². The molecule has 0 heterocycles. The molecule has 0 fully saturated rings. The zero-order valence-corrected chi connectivity index (χ0v) is 12.9. The summed E-state index contributed by atoms with van der Waals surface area (Å²) in [5.41, 5.74) is 2.41. The fourth-order valence-electron chi connectivity index (χ4n) is 1.79. The highest BCUT2D eigenvalue weighted by Crippen LogP contribution is 2.27. The summed E-state index contributed by atoms with van der Waals surface area (Å²) in [6.45, 7) is 10.1. The number of hydrazine groups is 1. The molecule has 5 nitrogen and oxygen atoms in total. The molecule has 0 aromatic heterocycles. The van der Waals surface area contributed by atoms with Crippen molar-refractivity contribution in [1.82, 2.24) is 5.43 Å². The molecule has 0 unspecified atom stereocenters. The van der Waals surface area contributed by atoms with Crippen molar-refractivity contribution in [3.05, 3.63) is 36.4 Å². The van der Waals surface area contributed by atoms with Gasteiger partial charge >= 0.3 is 0 Å². The lowest BCUT2D eigenvalue weighted by molar-refractivity contribution is -0.130. The van der Waals surface area contributed by atoms with E-state index in [1.807, 2.05) is 25.1 Å². The number of carbonyl (C=O) groups excluding carboxylic acids is 1. The Morgan fingerprint density at radius 2 is 2.14 bits per heavy atom. The standard InChI is InChI=1S/C16H24N2O3/c1-5-7-12-10-13(20-6-2)8-9-14(12)21-11-16(3,4)15(19)18-17/h5,8-10H,1,6-7,11,17H2,2-4H3,(H,18,19). The highest BCUT2D eigenvalue weighted by molar-refractivity contribution is 5.81. The Morgan fingerprint density at radius 3 is 2.71 bits per heavy atom. The lowest BCUT2D eigenvalue weighted by atomic mass is 9.94. The molecule has 0 aliphatic rings. The van der Waals surface area contributed by atoms with E-state index in [-0.39, 0.29) is 12.5 Å². The van der Waals surface area contributed by atoms with Crippen LogP contribution in [0.15, 0.2) is 30.9 Å². The molecule has 0 radical (unpaired) electrons. The summed E-state index contributed by atoms with van der Waals surface area (Å²) in [7, 11) is 0. The van der Waals surface area contributed by atoms with Crippen LogP contribution in [0.1, 0.15) is 26.3 Å². The molecule has 0 saturated heterocycles. The monoisotopic (exact) mass is 292 g/mol. The zero-order chi connectivity index (χ0) is 15.9. The van der Waals surface area contributed by atoms with Crippen LogP contribution in [0.5, 0.6) is 11.5 Å². The van der Waals surface area contributed by atoms with E-state index in [0.717, 1.165) is 17.1 Å². The fourth-order valence-corrected chi connectivity index (χ4v) is 1.79. The molecule has 3 N–H and O–H groups in total. The summed E-state index contributed by atoms with van der Waals surface area (Å²) < 4.78 is 11.3. The van der Waals surface area contributed by atoms with Gasteiger partial charge in [-0.1, -0.05) is 6.08 Å². The van der Waals surface area contributed by atoms with Gasteiger partial charge in [-0.3, -0.25) is 10.2 Å². The van der Waals surface area contributed by atoms with Crippen molar-refractivity contribution < 1.29 is 14.3 Å². The van der Waals surface area contributed by atoms with Crippen molar-refractivity contribution in [2.75, 3.05) is 13.2 Å². The van der Waals surface area contributed by atoms with Gasteiger partial charge in [-0.25, -0.2) is 5.84 Å². The van der Waals surface area contributed by atoms with Crippen LogP contribution < -0.4 is 20.7 Å². The third-order valence-corrected chi connectivity index (χ3v) is 3.04. The molecule has 21 heavy (non-hydrogen) atoms. The van der Waals surface area contributed by atoms with Gasteiger partial charge in [-0.2, -0.15) is 0 Å². The second kappa shape index (κ2) is 7.69. The van der Waals surface area contributed by atoms with Crippen molar-refractivity contribution in [1.29, 1.82) is 0 Å². The molecule has 1 aromatic carbocycles. The van der Waals surface area contributed by atoms with E-state index in [0.29, 0.717) is 13.0 Å². The van der Waals surface area contributed by atoms with Crippen LogP contribution in [-0.4, -0.2) is 19.1 Å². The number of hydrogen-bond donors (Lipinski definition) is 2. The van der Waals surface area contributed by atoms with Crippen molar-refractivity contribution in [3.8, 4) is 11.5 Å². The molecule has 1 amide bonds. The Morgan fingerprint density at radius 1 is 1.43 bits per heavy atom. The summed E-state index contributed by atoms with van der Waals surface area (Å²) >= 11 is 0. The number of rotatable bonds is 8. The van der Waals surface area contributed by atoms with Crippen LogP contribution >= 0.6 is 0 Å². The first-order chi connectivity index (χ1) is 9.94. The number of hydrogen-bond acceptors (Lipinski definition) is 4. The fraction of sp³-hybridized carbons (Fsp3) is 0.438. The number of amides is 1. The number of carbonyl (C=O) groups is 1. The Labute approximate surface area is 126 Å². The van der Waals surface area contributed by atoms with E-state index in [1.54, 1.807) is 19.9 Å². The van der Waals surface area contributed by atoms with Crippen LogP contribution in [0.25, 0.3) is 0 Å². The number of nitrogens with two attached hydrogens (primary N) is 1. The van der Waals surface area contributed by atoms with Crippen LogP contribution in [0, 0.1) is 5.41 Å². The molecule has 0 bridgehead atoms. The smallest absolute Gasteiger partial charge is 0.242 e. The third-order valence-electron chi connectivity index (χ3n) is 3.04. The van der Waals surface area contributed by atoms with Gasteiger partial charge in [0.15, 0.2) is 0 Å². The number of benzene rings is 1. The maximum absolute atomic E-state index is 11.7. The summed E-state index contributed by atoms with van der Waals surface area (Å²) in [5, 5.41) is 0. The first-order valence-corrected chi connectivity index (χ1v) is 6.95. The van der Waals surface area contributed by atoms with Gasteiger partial charge in [0.1, 0.15) is 18.1 Å². The van der Waals surface area contributed by atoms with Crippen LogP contribution in [0.2, 0.25) is 0 Å². The second-order valence-electron chi connectivity index (χ2n) is 5.34. The van der Waals surface area contributed by atoms with Gasteiger partial charge in [0.2, 0.25) is 5.91 Å². The minimum atomic E-state index is -0.710. The molecule has 0 aliphatic carbocycles. The maximum atomic E-state index is 11.7. The van der Waals surface area contributed by atoms with E-state index in [1.165, 1.54) is 0 Å². The quantitative estimate of drug-likeness (QED) is 0.333. The molecular formula is C16H24N2O3. The number of nitrogens with one attached hydrogen (secondary N) is 1. The van der Waals surface area contributed by atoms with E-state index < -0.39 is 5.41 Å². The van der Waals surface area contributed by atoms with E-state index in [2.05, 4.69) is 12.0 Å². The van der Waals surface area contributed by atoms with E-state index in [9.17, 15) is 4.79 Å². The average molecular weight is 292 g/mol. The van der Waals surface area contributed by atoms with E-state index in [4.69, 9.17) is 15.3 Å². The summed E-state index contributed by atoms with van der Waals surface area (Å²) in [6.07, 6.45) is 2.47. The van der Waals surface area contributed by atoms with Gasteiger partial charge in [0.25, 0.3) is 0 Å². The SMILES string of the molecule is C=CCc1cc(OCC)ccc1OCC(C)(C)C(=O)NN. The first-order valence-electron chi connectivity index (χ1n) is 6.95. The summed E-state index contributed by atoms with van der Waals surface area (Å²) in [4.78, 5) is 11.7. The molecule has 0 atom stereocenters. The number of allylic oxidation sites excluding steroid dienone is 1. The summed E-state index contributed by atoms with van der Waals surface area (Å²) in [6, 6.07) is 5.62. The number of ether oxygens (including phenoxy) is 2. The van der Waals surface area contributed by atoms with Gasteiger partial charge in [0.05, 0.1) is 12.0 Å². The van der Waals surface area contributed by atoms with Gasteiger partial charge in [-0.05, 0) is 45.4 Å². The Hall–Kier alpha value is -2.01. The third kappa shape index (κ3) is 4.79. The highest BCUT2D eigenvalue weighted by atomic mass is 16.5. The van der Waals surface area contributed by atoms with Crippen LogP contribution in [0.4, 0.5) is 0 Å². The largest absolute Gasteiger partial charge is 0.494 e. The molecule has 0 aliphatic heterocycles.